The number of aliphatic hydroxyl groups is 1. The van der Waals surface area contributed by atoms with Gasteiger partial charge in [-0.3, -0.25) is 4.79 Å². The van der Waals surface area contributed by atoms with Gasteiger partial charge in [0.2, 0.25) is 0 Å². The topological polar surface area (TPSA) is 78.9 Å². The van der Waals surface area contributed by atoms with Gasteiger partial charge >= 0.3 is 6.03 Å². The third-order valence-corrected chi connectivity index (χ3v) is 3.36. The third kappa shape index (κ3) is 4.03. The molecule has 21 heavy (non-hydrogen) atoms. The highest BCUT2D eigenvalue weighted by atomic mass is 16.5. The number of Topliss-reactive ketones (excluding diaryl/α,β-unsaturated/α-hetero) is 1. The van der Waals surface area contributed by atoms with Gasteiger partial charge in [0, 0.05) is 17.8 Å². The number of carbonyl (C=O) groups is 2. The highest BCUT2D eigenvalue weighted by Crippen LogP contribution is 2.14. The number of morpholine rings is 1. The zero-order chi connectivity index (χ0) is 15.4. The van der Waals surface area contributed by atoms with Gasteiger partial charge in [-0.2, -0.15) is 0 Å². The van der Waals surface area contributed by atoms with Gasteiger partial charge < -0.3 is 20.1 Å². The molecule has 2 atom stereocenters. The van der Waals surface area contributed by atoms with E-state index < -0.39 is 0 Å². The summed E-state index contributed by atoms with van der Waals surface area (Å²) in [4.78, 5) is 25.0. The Labute approximate surface area is 123 Å². The van der Waals surface area contributed by atoms with Gasteiger partial charge in [0.1, 0.15) is 0 Å². The molecule has 1 heterocycles. The van der Waals surface area contributed by atoms with Gasteiger partial charge in [-0.05, 0) is 38.1 Å². The first kappa shape index (κ1) is 15.5. The molecule has 1 aliphatic rings. The smallest absolute Gasteiger partial charge is 0.322 e. The second-order valence-corrected chi connectivity index (χ2v) is 5.22. The quantitative estimate of drug-likeness (QED) is 0.828. The number of nitrogens with one attached hydrogen (secondary N) is 1. The second kappa shape index (κ2) is 6.69. The lowest BCUT2D eigenvalue weighted by atomic mass is 10.1. The van der Waals surface area contributed by atoms with E-state index in [-0.39, 0.29) is 30.6 Å². The Balaban J connectivity index is 1.98. The van der Waals surface area contributed by atoms with Crippen LogP contribution >= 0.6 is 0 Å². The number of benzene rings is 1. The van der Waals surface area contributed by atoms with E-state index in [1.807, 2.05) is 6.92 Å². The van der Waals surface area contributed by atoms with Gasteiger partial charge in [-0.1, -0.05) is 0 Å². The maximum Gasteiger partial charge on any atom is 0.322 e. The highest BCUT2D eigenvalue weighted by molar-refractivity contribution is 5.95. The molecular weight excluding hydrogens is 272 g/mol. The van der Waals surface area contributed by atoms with Crippen molar-refractivity contribution in [2.24, 2.45) is 0 Å². The van der Waals surface area contributed by atoms with Crippen LogP contribution in [0.5, 0.6) is 0 Å². The van der Waals surface area contributed by atoms with E-state index in [2.05, 4.69) is 5.32 Å². The van der Waals surface area contributed by atoms with Crippen LogP contribution < -0.4 is 5.32 Å². The van der Waals surface area contributed by atoms with Crippen LogP contribution in [0.1, 0.15) is 24.2 Å². The molecule has 0 bridgehead atoms. The first-order valence-corrected chi connectivity index (χ1v) is 6.93. The minimum Gasteiger partial charge on any atom is -0.394 e. The lowest BCUT2D eigenvalue weighted by molar-refractivity contribution is -0.0822. The van der Waals surface area contributed by atoms with Crippen LogP contribution in [-0.4, -0.2) is 53.7 Å². The van der Waals surface area contributed by atoms with Gasteiger partial charge in [0.05, 0.1) is 25.4 Å². The molecule has 1 saturated heterocycles. The summed E-state index contributed by atoms with van der Waals surface area (Å²) >= 11 is 0. The Morgan fingerprint density at radius 2 is 2.00 bits per heavy atom. The molecule has 2 unspecified atom stereocenters. The van der Waals surface area contributed by atoms with Crippen LogP contribution in [0.2, 0.25) is 0 Å². The van der Waals surface area contributed by atoms with Crippen molar-refractivity contribution in [1.82, 2.24) is 4.90 Å². The van der Waals surface area contributed by atoms with E-state index in [9.17, 15) is 9.59 Å². The Kier molecular flexibility index (Phi) is 4.93. The van der Waals surface area contributed by atoms with Crippen LogP contribution in [0.3, 0.4) is 0 Å². The molecule has 1 aromatic carbocycles. The molecule has 0 aliphatic carbocycles. The van der Waals surface area contributed by atoms with Gasteiger partial charge in [0.25, 0.3) is 0 Å². The van der Waals surface area contributed by atoms with Crippen LogP contribution in [0.15, 0.2) is 24.3 Å². The van der Waals surface area contributed by atoms with Crippen molar-refractivity contribution in [3.8, 4) is 0 Å². The number of nitrogens with zero attached hydrogens (tertiary/aromatic N) is 1. The molecule has 0 radical (unpaired) electrons. The summed E-state index contributed by atoms with van der Waals surface area (Å²) in [7, 11) is 0. The Bertz CT molecular complexity index is 515. The fourth-order valence-electron chi connectivity index (χ4n) is 2.30. The number of rotatable bonds is 3. The summed E-state index contributed by atoms with van der Waals surface area (Å²) in [5, 5.41) is 11.9. The van der Waals surface area contributed by atoms with Crippen molar-refractivity contribution in [2.75, 3.05) is 25.0 Å². The van der Waals surface area contributed by atoms with Crippen LogP contribution in [-0.2, 0) is 4.74 Å². The van der Waals surface area contributed by atoms with E-state index in [1.165, 1.54) is 6.92 Å². The largest absolute Gasteiger partial charge is 0.394 e. The maximum atomic E-state index is 12.2. The normalized spacial score (nSPS) is 22.0. The molecule has 0 aromatic heterocycles. The number of anilines is 1. The SMILES string of the molecule is CC(=O)c1ccc(NC(=O)N2CC(C)OC(CO)C2)cc1. The summed E-state index contributed by atoms with van der Waals surface area (Å²) in [6, 6.07) is 6.51. The summed E-state index contributed by atoms with van der Waals surface area (Å²) < 4.78 is 5.50. The molecule has 0 saturated carbocycles. The monoisotopic (exact) mass is 292 g/mol. The lowest BCUT2D eigenvalue weighted by Crippen LogP contribution is -2.51. The van der Waals surface area contributed by atoms with Crippen molar-refractivity contribution < 1.29 is 19.4 Å². The van der Waals surface area contributed by atoms with Crippen molar-refractivity contribution in [1.29, 1.82) is 0 Å². The minimum absolute atomic E-state index is 0.0133. The number of aliphatic hydroxyl groups excluding tert-OH is 1. The summed E-state index contributed by atoms with van der Waals surface area (Å²) in [6.07, 6.45) is -0.457. The predicted molar refractivity (Wildman–Crippen MR) is 78.5 cm³/mol. The highest BCUT2D eigenvalue weighted by Gasteiger charge is 2.27. The molecule has 1 aliphatic heterocycles. The molecule has 6 nitrogen and oxygen atoms in total. The second-order valence-electron chi connectivity index (χ2n) is 5.22. The number of hydrogen-bond donors (Lipinski definition) is 2. The minimum atomic E-state index is -0.348. The van der Waals surface area contributed by atoms with Crippen LogP contribution in [0, 0.1) is 0 Å². The number of amides is 2. The summed E-state index contributed by atoms with van der Waals surface area (Å²) in [5.41, 5.74) is 1.23. The predicted octanol–water partition coefficient (Wildman–Crippen LogP) is 1.50. The molecule has 1 aromatic rings. The van der Waals surface area contributed by atoms with E-state index in [0.717, 1.165) is 0 Å². The van der Waals surface area contributed by atoms with Crippen LogP contribution in [0.4, 0.5) is 10.5 Å². The van der Waals surface area contributed by atoms with Crippen LogP contribution in [0.25, 0.3) is 0 Å². The average molecular weight is 292 g/mol. The van der Waals surface area contributed by atoms with Gasteiger partial charge in [-0.15, -0.1) is 0 Å². The first-order chi connectivity index (χ1) is 9.99. The van der Waals surface area contributed by atoms with Gasteiger partial charge in [0.15, 0.2) is 5.78 Å². The van der Waals surface area contributed by atoms with Gasteiger partial charge in [-0.25, -0.2) is 4.79 Å². The molecule has 2 N–H and O–H groups in total. The maximum absolute atomic E-state index is 12.2. The molecule has 2 amide bonds. The molecule has 1 fully saturated rings. The third-order valence-electron chi connectivity index (χ3n) is 3.36. The van der Waals surface area contributed by atoms with E-state index in [0.29, 0.717) is 24.3 Å². The fraction of sp³-hybridized carbons (Fsp3) is 0.467. The zero-order valence-corrected chi connectivity index (χ0v) is 12.2. The molecule has 114 valence electrons. The van der Waals surface area contributed by atoms with Crippen molar-refractivity contribution in [3.05, 3.63) is 29.8 Å². The number of carbonyl (C=O) groups excluding carboxylic acids is 2. The number of ketones is 1. The average Bonchev–Trinajstić information content (AvgIpc) is 2.47. The molecular formula is C15H20N2O4. The van der Waals surface area contributed by atoms with E-state index in [1.54, 1.807) is 29.2 Å². The fourth-order valence-corrected chi connectivity index (χ4v) is 2.30. The Hall–Kier alpha value is -1.92. The molecule has 0 spiro atoms. The molecule has 6 heteroatoms. The van der Waals surface area contributed by atoms with E-state index >= 15 is 0 Å². The van der Waals surface area contributed by atoms with Crippen molar-refractivity contribution in [3.63, 3.8) is 0 Å². The summed E-state index contributed by atoms with van der Waals surface area (Å²) in [5.74, 6) is -0.0133. The Morgan fingerprint density at radius 3 is 2.57 bits per heavy atom. The Morgan fingerprint density at radius 1 is 1.33 bits per heavy atom. The van der Waals surface area contributed by atoms with Crippen molar-refractivity contribution >= 4 is 17.5 Å². The number of hydrogen-bond acceptors (Lipinski definition) is 4. The number of urea groups is 1. The zero-order valence-electron chi connectivity index (χ0n) is 12.2. The first-order valence-electron chi connectivity index (χ1n) is 6.93. The van der Waals surface area contributed by atoms with E-state index in [4.69, 9.17) is 9.84 Å². The van der Waals surface area contributed by atoms with Crippen molar-refractivity contribution in [2.45, 2.75) is 26.1 Å². The standard InChI is InChI=1S/C15H20N2O4/c1-10-7-17(8-14(9-18)21-10)15(20)16-13-5-3-12(4-6-13)11(2)19/h3-6,10,14,18H,7-9H2,1-2H3,(H,16,20). The number of ether oxygens (including phenoxy) is 1. The molecule has 2 rings (SSSR count). The summed E-state index contributed by atoms with van der Waals surface area (Å²) in [6.45, 7) is 4.09. The lowest BCUT2D eigenvalue weighted by Gasteiger charge is -2.36.